The van der Waals surface area contributed by atoms with Gasteiger partial charge in [0.1, 0.15) is 0 Å². The van der Waals surface area contributed by atoms with Crippen LogP contribution in [0.5, 0.6) is 0 Å². The highest BCUT2D eigenvalue weighted by atomic mass is 16.3. The molecule has 0 bridgehead atoms. The maximum absolute atomic E-state index is 11.6. The Bertz CT molecular complexity index is 189. The number of amides is 2. The van der Waals surface area contributed by atoms with Gasteiger partial charge in [0.05, 0.1) is 6.10 Å². The molecule has 1 heterocycles. The van der Waals surface area contributed by atoms with Gasteiger partial charge in [-0.1, -0.05) is 0 Å². The van der Waals surface area contributed by atoms with E-state index in [0.29, 0.717) is 6.42 Å². The van der Waals surface area contributed by atoms with Crippen LogP contribution in [0.1, 0.15) is 33.1 Å². The van der Waals surface area contributed by atoms with Crippen molar-refractivity contribution in [3.8, 4) is 0 Å². The van der Waals surface area contributed by atoms with Crippen molar-refractivity contribution in [1.82, 2.24) is 10.2 Å². The fraction of sp³-hybridized carbons (Fsp3) is 0.900. The van der Waals surface area contributed by atoms with Gasteiger partial charge in [0, 0.05) is 19.1 Å². The number of carbonyl (C=O) groups is 1. The number of rotatable bonds is 3. The van der Waals surface area contributed by atoms with E-state index >= 15 is 0 Å². The van der Waals surface area contributed by atoms with E-state index < -0.39 is 0 Å². The van der Waals surface area contributed by atoms with E-state index in [4.69, 9.17) is 5.11 Å². The monoisotopic (exact) mass is 200 g/mol. The lowest BCUT2D eigenvalue weighted by atomic mass is 10.2. The average Bonchev–Trinajstić information content (AvgIpc) is 2.53. The molecule has 1 aliphatic heterocycles. The zero-order valence-corrected chi connectivity index (χ0v) is 8.99. The predicted molar refractivity (Wildman–Crippen MR) is 55.1 cm³/mol. The summed E-state index contributed by atoms with van der Waals surface area (Å²) in [6.07, 6.45) is 2.47. The number of aliphatic hydroxyl groups is 1. The normalized spacial score (nSPS) is 20.6. The lowest BCUT2D eigenvalue weighted by Gasteiger charge is -2.21. The summed E-state index contributed by atoms with van der Waals surface area (Å²) in [5, 5.41) is 12.0. The van der Waals surface area contributed by atoms with Gasteiger partial charge in [-0.2, -0.15) is 0 Å². The van der Waals surface area contributed by atoms with Crippen LogP contribution in [0.2, 0.25) is 0 Å². The predicted octanol–water partition coefficient (Wildman–Crippen LogP) is 0.951. The molecule has 0 aromatic carbocycles. The first-order chi connectivity index (χ1) is 6.59. The Kier molecular flexibility index (Phi) is 4.20. The van der Waals surface area contributed by atoms with Crippen molar-refractivity contribution in [2.24, 2.45) is 0 Å². The molecule has 1 fully saturated rings. The van der Waals surface area contributed by atoms with Gasteiger partial charge in [-0.15, -0.1) is 0 Å². The molecule has 4 heteroatoms. The van der Waals surface area contributed by atoms with Gasteiger partial charge < -0.3 is 15.3 Å². The van der Waals surface area contributed by atoms with E-state index in [1.165, 1.54) is 0 Å². The Labute approximate surface area is 85.3 Å². The van der Waals surface area contributed by atoms with E-state index in [2.05, 4.69) is 5.32 Å². The molecular formula is C10H20N2O2. The third kappa shape index (κ3) is 3.54. The minimum absolute atomic E-state index is 0.00986. The minimum Gasteiger partial charge on any atom is -0.393 e. The van der Waals surface area contributed by atoms with Crippen molar-refractivity contribution in [1.29, 1.82) is 0 Å². The van der Waals surface area contributed by atoms with E-state index in [0.717, 1.165) is 25.9 Å². The van der Waals surface area contributed by atoms with Crippen LogP contribution in [0.3, 0.4) is 0 Å². The van der Waals surface area contributed by atoms with E-state index in [-0.39, 0.29) is 18.2 Å². The van der Waals surface area contributed by atoms with Crippen molar-refractivity contribution < 1.29 is 9.90 Å². The molecule has 1 rings (SSSR count). The fourth-order valence-electron chi connectivity index (χ4n) is 1.79. The number of likely N-dealkylation sites (tertiary alicyclic amines) is 1. The molecule has 2 amide bonds. The summed E-state index contributed by atoms with van der Waals surface area (Å²) in [6.45, 7) is 5.39. The molecule has 1 saturated heterocycles. The number of urea groups is 1. The zero-order valence-electron chi connectivity index (χ0n) is 8.99. The summed E-state index contributed by atoms with van der Waals surface area (Å²) in [6, 6.07) is 0.0544. The Balaban J connectivity index is 2.25. The van der Waals surface area contributed by atoms with Crippen LogP contribution in [0.15, 0.2) is 0 Å². The van der Waals surface area contributed by atoms with Gasteiger partial charge in [0.15, 0.2) is 0 Å². The van der Waals surface area contributed by atoms with Crippen molar-refractivity contribution >= 4 is 6.03 Å². The lowest BCUT2D eigenvalue weighted by molar-refractivity contribution is 0.165. The molecule has 0 aromatic heterocycles. The maximum Gasteiger partial charge on any atom is 0.317 e. The number of aliphatic hydroxyl groups excluding tert-OH is 1. The average molecular weight is 200 g/mol. The smallest absolute Gasteiger partial charge is 0.317 e. The molecule has 2 atom stereocenters. The van der Waals surface area contributed by atoms with E-state index in [9.17, 15) is 4.79 Å². The Morgan fingerprint density at radius 3 is 2.50 bits per heavy atom. The molecule has 0 radical (unpaired) electrons. The highest BCUT2D eigenvalue weighted by Crippen LogP contribution is 2.07. The molecule has 0 aliphatic carbocycles. The van der Waals surface area contributed by atoms with Crippen molar-refractivity contribution in [2.45, 2.75) is 45.3 Å². The molecular weight excluding hydrogens is 180 g/mol. The van der Waals surface area contributed by atoms with Gasteiger partial charge in [-0.25, -0.2) is 4.79 Å². The lowest BCUT2D eigenvalue weighted by Crippen LogP contribution is -2.43. The van der Waals surface area contributed by atoms with Crippen molar-refractivity contribution in [3.05, 3.63) is 0 Å². The second-order valence-corrected chi connectivity index (χ2v) is 4.13. The van der Waals surface area contributed by atoms with Gasteiger partial charge in [0.2, 0.25) is 0 Å². The minimum atomic E-state index is -0.358. The standard InChI is InChI=1S/C10H20N2O2/c1-8(7-9(2)13)11-10(14)12-5-3-4-6-12/h8-9,13H,3-7H2,1-2H3,(H,11,14). The largest absolute Gasteiger partial charge is 0.393 e. The van der Waals surface area contributed by atoms with E-state index in [1.54, 1.807) is 6.92 Å². The Hall–Kier alpha value is -0.770. The number of nitrogens with zero attached hydrogens (tertiary/aromatic N) is 1. The summed E-state index contributed by atoms with van der Waals surface area (Å²) < 4.78 is 0. The van der Waals surface area contributed by atoms with Crippen molar-refractivity contribution in [2.75, 3.05) is 13.1 Å². The van der Waals surface area contributed by atoms with Crippen LogP contribution in [-0.2, 0) is 0 Å². The van der Waals surface area contributed by atoms with Crippen LogP contribution >= 0.6 is 0 Å². The van der Waals surface area contributed by atoms with E-state index in [1.807, 2.05) is 11.8 Å². The summed E-state index contributed by atoms with van der Waals surface area (Å²) in [4.78, 5) is 13.4. The first-order valence-electron chi connectivity index (χ1n) is 5.33. The molecule has 1 aliphatic rings. The van der Waals surface area contributed by atoms with Gasteiger partial charge in [0.25, 0.3) is 0 Å². The topological polar surface area (TPSA) is 52.6 Å². The molecule has 82 valence electrons. The SMILES string of the molecule is CC(O)CC(C)NC(=O)N1CCCC1. The van der Waals surface area contributed by atoms with Crippen LogP contribution in [0, 0.1) is 0 Å². The molecule has 2 N–H and O–H groups in total. The molecule has 2 unspecified atom stereocenters. The summed E-state index contributed by atoms with van der Waals surface area (Å²) in [5.74, 6) is 0. The zero-order chi connectivity index (χ0) is 10.6. The number of hydrogen-bond acceptors (Lipinski definition) is 2. The summed E-state index contributed by atoms with van der Waals surface area (Å²) >= 11 is 0. The van der Waals surface area contributed by atoms with Crippen molar-refractivity contribution in [3.63, 3.8) is 0 Å². The highest BCUT2D eigenvalue weighted by Gasteiger charge is 2.19. The van der Waals surface area contributed by atoms with Crippen LogP contribution < -0.4 is 5.32 Å². The molecule has 0 aromatic rings. The number of hydrogen-bond donors (Lipinski definition) is 2. The van der Waals surface area contributed by atoms with Gasteiger partial charge in [-0.05, 0) is 33.1 Å². The van der Waals surface area contributed by atoms with Gasteiger partial charge >= 0.3 is 6.03 Å². The third-order valence-corrected chi connectivity index (χ3v) is 2.46. The number of nitrogens with one attached hydrogen (secondary N) is 1. The second kappa shape index (κ2) is 5.20. The first kappa shape index (κ1) is 11.3. The molecule has 0 spiro atoms. The Morgan fingerprint density at radius 2 is 2.00 bits per heavy atom. The third-order valence-electron chi connectivity index (χ3n) is 2.46. The van der Waals surface area contributed by atoms with Gasteiger partial charge in [-0.3, -0.25) is 0 Å². The molecule has 4 nitrogen and oxygen atoms in total. The maximum atomic E-state index is 11.6. The first-order valence-corrected chi connectivity index (χ1v) is 5.33. The Morgan fingerprint density at radius 1 is 1.43 bits per heavy atom. The fourth-order valence-corrected chi connectivity index (χ4v) is 1.79. The summed E-state index contributed by atoms with van der Waals surface area (Å²) in [7, 11) is 0. The van der Waals surface area contributed by atoms with Crippen LogP contribution in [-0.4, -0.2) is 41.3 Å². The number of carbonyl (C=O) groups excluding carboxylic acids is 1. The van der Waals surface area contributed by atoms with Crippen LogP contribution in [0.4, 0.5) is 4.79 Å². The molecule has 14 heavy (non-hydrogen) atoms. The highest BCUT2D eigenvalue weighted by molar-refractivity contribution is 5.74. The quantitative estimate of drug-likeness (QED) is 0.712. The second-order valence-electron chi connectivity index (χ2n) is 4.13. The van der Waals surface area contributed by atoms with Crippen LogP contribution in [0.25, 0.3) is 0 Å². The summed E-state index contributed by atoms with van der Waals surface area (Å²) in [5.41, 5.74) is 0. The molecule has 0 saturated carbocycles.